The van der Waals surface area contributed by atoms with Crippen molar-refractivity contribution in [1.29, 1.82) is 0 Å². The van der Waals surface area contributed by atoms with Gasteiger partial charge in [-0.1, -0.05) is 158 Å². The summed E-state index contributed by atoms with van der Waals surface area (Å²) in [5, 5.41) is 0. The summed E-state index contributed by atoms with van der Waals surface area (Å²) in [5.74, 6) is 0. The van der Waals surface area contributed by atoms with Crippen LogP contribution >= 0.6 is 0 Å². The van der Waals surface area contributed by atoms with Crippen LogP contribution in [0, 0.1) is 0 Å². The second-order valence-corrected chi connectivity index (χ2v) is 15.7. The lowest BCUT2D eigenvalue weighted by molar-refractivity contribution is 0.265. The van der Waals surface area contributed by atoms with Crippen LogP contribution in [0.15, 0.2) is 200 Å². The van der Waals surface area contributed by atoms with Crippen LogP contribution in [-0.2, 0) is 10.8 Å². The van der Waals surface area contributed by atoms with Gasteiger partial charge in [0.15, 0.2) is 0 Å². The van der Waals surface area contributed by atoms with Crippen LogP contribution in [0.5, 0.6) is 0 Å². The smallest absolute Gasteiger partial charge is 0.0462 e. The minimum absolute atomic E-state index is 0.00955. The van der Waals surface area contributed by atoms with E-state index in [2.05, 4.69) is 205 Å². The van der Waals surface area contributed by atoms with Crippen LogP contribution in [0.25, 0.3) is 44.5 Å². The van der Waals surface area contributed by atoms with Gasteiger partial charge in [0.2, 0.25) is 0 Å². The molecule has 0 amide bonds. The normalized spacial score (nSPS) is 15.3. The molecule has 3 aliphatic rings. The molecule has 0 saturated heterocycles. The van der Waals surface area contributed by atoms with Gasteiger partial charge in [0.05, 0.1) is 0 Å². The molecule has 0 atom stereocenters. The molecule has 3 aliphatic carbocycles. The lowest BCUT2D eigenvalue weighted by Crippen LogP contribution is -2.39. The molecule has 0 unspecified atom stereocenters. The summed E-state index contributed by atoms with van der Waals surface area (Å²) in [7, 11) is 0. The fourth-order valence-electron chi connectivity index (χ4n) is 10.5. The molecule has 0 bridgehead atoms. The van der Waals surface area contributed by atoms with Gasteiger partial charge >= 0.3 is 0 Å². The van der Waals surface area contributed by atoms with Gasteiger partial charge < -0.3 is 4.90 Å². The van der Waals surface area contributed by atoms with Crippen LogP contribution in [0.1, 0.15) is 47.9 Å². The first-order valence-electron chi connectivity index (χ1n) is 19.8. The van der Waals surface area contributed by atoms with Crippen LogP contribution in [0.4, 0.5) is 17.1 Å². The number of hydrogen-bond donors (Lipinski definition) is 0. The van der Waals surface area contributed by atoms with Crippen molar-refractivity contribution in [2.75, 3.05) is 4.90 Å². The minimum atomic E-state index is 0.00955. The number of hydrogen-bond acceptors (Lipinski definition) is 1. The molecule has 0 radical (unpaired) electrons. The molecular formula is C54H41N. The molecule has 1 heteroatoms. The Bertz CT molecular complexity index is 2630. The van der Waals surface area contributed by atoms with E-state index in [1.54, 1.807) is 0 Å². The maximum atomic E-state index is 2.54. The Balaban J connectivity index is 0.947. The summed E-state index contributed by atoms with van der Waals surface area (Å²) in [5.41, 5.74) is 20.3. The molecule has 8 aromatic rings. The number of benzene rings is 8. The third-order valence-corrected chi connectivity index (χ3v) is 13.1. The van der Waals surface area contributed by atoms with Gasteiger partial charge in [-0.15, -0.1) is 0 Å². The second kappa shape index (κ2) is 12.6. The molecule has 0 aromatic heterocycles. The average Bonchev–Trinajstić information content (AvgIpc) is 3.69. The van der Waals surface area contributed by atoms with E-state index in [9.17, 15) is 0 Å². The summed E-state index contributed by atoms with van der Waals surface area (Å²) in [6.07, 6.45) is 4.57. The molecule has 55 heavy (non-hydrogen) atoms. The summed E-state index contributed by atoms with van der Waals surface area (Å²) < 4.78 is 0. The Morgan fingerprint density at radius 2 is 0.618 bits per heavy atom. The van der Waals surface area contributed by atoms with Gasteiger partial charge in [0, 0.05) is 27.9 Å². The monoisotopic (exact) mass is 703 g/mol. The SMILES string of the molecule is c1ccc(-c2ccc(N(c3ccccc3)c3ccc(-c4ccc5c(c4)C4(CCC6(CC4)c4ccccc4-c4ccccc46)c4ccccc4-5)cc3)cc2)cc1. The van der Waals surface area contributed by atoms with E-state index in [4.69, 9.17) is 0 Å². The van der Waals surface area contributed by atoms with Crippen molar-refractivity contribution in [1.82, 2.24) is 0 Å². The van der Waals surface area contributed by atoms with E-state index < -0.39 is 0 Å². The van der Waals surface area contributed by atoms with E-state index in [1.807, 2.05) is 0 Å². The van der Waals surface area contributed by atoms with Crippen molar-refractivity contribution in [3.63, 3.8) is 0 Å². The van der Waals surface area contributed by atoms with Crippen molar-refractivity contribution in [3.8, 4) is 44.5 Å². The van der Waals surface area contributed by atoms with E-state index >= 15 is 0 Å². The Morgan fingerprint density at radius 3 is 1.13 bits per heavy atom. The molecule has 0 N–H and O–H groups in total. The summed E-state index contributed by atoms with van der Waals surface area (Å²) in [6, 6.07) is 74.3. The van der Waals surface area contributed by atoms with E-state index in [0.29, 0.717) is 0 Å². The maximum absolute atomic E-state index is 2.54. The van der Waals surface area contributed by atoms with Gasteiger partial charge in [-0.2, -0.15) is 0 Å². The van der Waals surface area contributed by atoms with Gasteiger partial charge in [0.25, 0.3) is 0 Å². The highest BCUT2D eigenvalue weighted by Crippen LogP contribution is 2.63. The molecule has 0 aliphatic heterocycles. The van der Waals surface area contributed by atoms with Gasteiger partial charge in [-0.05, 0) is 135 Å². The Kier molecular flexibility index (Phi) is 7.32. The molecule has 1 saturated carbocycles. The fraction of sp³-hybridized carbons (Fsp3) is 0.111. The highest BCUT2D eigenvalue weighted by Gasteiger charge is 2.52. The number of para-hydroxylation sites is 1. The first-order valence-corrected chi connectivity index (χ1v) is 19.8. The predicted molar refractivity (Wildman–Crippen MR) is 229 cm³/mol. The van der Waals surface area contributed by atoms with Crippen molar-refractivity contribution >= 4 is 17.1 Å². The van der Waals surface area contributed by atoms with Crippen LogP contribution in [-0.4, -0.2) is 0 Å². The number of nitrogens with zero attached hydrogens (tertiary/aromatic N) is 1. The number of rotatable bonds is 5. The van der Waals surface area contributed by atoms with E-state index in [-0.39, 0.29) is 10.8 Å². The Hall–Kier alpha value is -6.44. The molecule has 2 spiro atoms. The zero-order chi connectivity index (χ0) is 36.4. The van der Waals surface area contributed by atoms with Gasteiger partial charge in [-0.25, -0.2) is 0 Å². The summed E-state index contributed by atoms with van der Waals surface area (Å²) in [4.78, 5) is 2.35. The zero-order valence-electron chi connectivity index (χ0n) is 30.8. The molecule has 1 nitrogen and oxygen atoms in total. The van der Waals surface area contributed by atoms with Crippen LogP contribution < -0.4 is 4.90 Å². The van der Waals surface area contributed by atoms with Crippen molar-refractivity contribution < 1.29 is 0 Å². The summed E-state index contributed by atoms with van der Waals surface area (Å²) >= 11 is 0. The quantitative estimate of drug-likeness (QED) is 0.172. The molecule has 0 heterocycles. The molecular weight excluding hydrogens is 663 g/mol. The maximum Gasteiger partial charge on any atom is 0.0462 e. The molecule has 1 fully saturated rings. The average molecular weight is 704 g/mol. The van der Waals surface area contributed by atoms with E-state index in [1.165, 1.54) is 66.8 Å². The fourth-order valence-corrected chi connectivity index (χ4v) is 10.5. The third kappa shape index (κ3) is 4.93. The zero-order valence-corrected chi connectivity index (χ0v) is 30.8. The van der Waals surface area contributed by atoms with Crippen LogP contribution in [0.2, 0.25) is 0 Å². The summed E-state index contributed by atoms with van der Waals surface area (Å²) in [6.45, 7) is 0. The molecule has 8 aromatic carbocycles. The first kappa shape index (κ1) is 32.0. The first-order chi connectivity index (χ1) is 27.2. The third-order valence-electron chi connectivity index (χ3n) is 13.1. The molecule has 262 valence electrons. The minimum Gasteiger partial charge on any atom is -0.311 e. The highest BCUT2D eigenvalue weighted by molar-refractivity contribution is 5.86. The number of anilines is 3. The second-order valence-electron chi connectivity index (χ2n) is 15.7. The van der Waals surface area contributed by atoms with E-state index in [0.717, 1.165) is 42.7 Å². The Labute approximate surface area is 324 Å². The van der Waals surface area contributed by atoms with Crippen molar-refractivity contribution in [2.24, 2.45) is 0 Å². The standard InChI is InChI=1S/C54H41N/c1-3-13-38(14-4-1)39-23-28-43(29-24-39)55(42-15-5-2-6-16-42)44-30-25-40(26-31-44)41-27-32-48-47-19-9-12-22-51(47)54(52(48)37-41)35-33-53(34-36-54)49-20-10-7-17-45(49)46-18-8-11-21-50(46)53/h1-32,37H,33-36H2. The van der Waals surface area contributed by atoms with Gasteiger partial charge in [-0.3, -0.25) is 0 Å². The van der Waals surface area contributed by atoms with Crippen molar-refractivity contribution in [2.45, 2.75) is 36.5 Å². The Morgan fingerprint density at radius 1 is 0.273 bits per heavy atom. The van der Waals surface area contributed by atoms with Gasteiger partial charge in [0.1, 0.15) is 0 Å². The highest BCUT2D eigenvalue weighted by atomic mass is 15.1. The number of fused-ring (bicyclic) bond motifs is 10. The lowest BCUT2D eigenvalue weighted by atomic mass is 9.57. The van der Waals surface area contributed by atoms with Crippen LogP contribution in [0.3, 0.4) is 0 Å². The largest absolute Gasteiger partial charge is 0.311 e. The lowest BCUT2D eigenvalue weighted by Gasteiger charge is -2.45. The topological polar surface area (TPSA) is 3.24 Å². The molecule has 11 rings (SSSR count). The van der Waals surface area contributed by atoms with Crippen molar-refractivity contribution in [3.05, 3.63) is 222 Å². The predicted octanol–water partition coefficient (Wildman–Crippen LogP) is 14.3.